The fraction of sp³-hybridized carbons (Fsp3) is 0.462. The molecule has 2 rings (SSSR count). The monoisotopic (exact) mass is 312 g/mol. The molecule has 1 aliphatic rings. The van der Waals surface area contributed by atoms with Crippen molar-refractivity contribution in [1.82, 2.24) is 0 Å². The minimum atomic E-state index is 0.484. The highest BCUT2D eigenvalue weighted by atomic mass is 79.9. The summed E-state index contributed by atoms with van der Waals surface area (Å²) in [6.45, 7) is 4.50. The van der Waals surface area contributed by atoms with Crippen molar-refractivity contribution in [2.75, 3.05) is 11.1 Å². The molecular formula is C13H17BrN2S. The smallest absolute Gasteiger partial charge is 0.161 e. The van der Waals surface area contributed by atoms with Crippen LogP contribution in [0.3, 0.4) is 0 Å². The number of aliphatic imine (C=N–C) groups is 1. The summed E-state index contributed by atoms with van der Waals surface area (Å²) in [5, 5.41) is 4.42. The molecule has 0 aliphatic carbocycles. The number of halogens is 1. The van der Waals surface area contributed by atoms with Gasteiger partial charge in [0.25, 0.3) is 0 Å². The Morgan fingerprint density at radius 1 is 1.41 bits per heavy atom. The Kier molecular flexibility index (Phi) is 4.51. The summed E-state index contributed by atoms with van der Waals surface area (Å²) in [7, 11) is 0. The van der Waals surface area contributed by atoms with Gasteiger partial charge in [0, 0.05) is 15.9 Å². The molecule has 92 valence electrons. The van der Waals surface area contributed by atoms with E-state index >= 15 is 0 Å². The molecule has 1 aliphatic heterocycles. The second-order valence-electron chi connectivity index (χ2n) is 4.66. The summed E-state index contributed by atoms with van der Waals surface area (Å²) in [5.74, 6) is 1.83. The summed E-state index contributed by atoms with van der Waals surface area (Å²) < 4.78 is 1.10. The molecule has 2 nitrogen and oxygen atoms in total. The van der Waals surface area contributed by atoms with Gasteiger partial charge < -0.3 is 5.32 Å². The third-order valence-corrected chi connectivity index (χ3v) is 4.11. The molecule has 1 aromatic carbocycles. The Hall–Kier alpha value is -0.480. The van der Waals surface area contributed by atoms with Crippen LogP contribution in [0.25, 0.3) is 0 Å². The molecule has 0 amide bonds. The summed E-state index contributed by atoms with van der Waals surface area (Å²) in [6, 6.07) is 8.67. The standard InChI is InChI=1S/C13H17BrN2S/c1-9(2)7-12-8-17-13(16-12)15-11-5-3-10(14)4-6-11/h3-6,9,12H,7-8H2,1-2H3,(H,15,16). The van der Waals surface area contributed by atoms with E-state index in [0.717, 1.165) is 27.0 Å². The fourth-order valence-electron chi connectivity index (χ4n) is 1.81. The molecular weight excluding hydrogens is 296 g/mol. The quantitative estimate of drug-likeness (QED) is 0.895. The van der Waals surface area contributed by atoms with Crippen LogP contribution >= 0.6 is 27.7 Å². The molecule has 1 N–H and O–H groups in total. The third kappa shape index (κ3) is 4.03. The zero-order valence-corrected chi connectivity index (χ0v) is 12.5. The van der Waals surface area contributed by atoms with Gasteiger partial charge in [0.1, 0.15) is 0 Å². The molecule has 0 radical (unpaired) electrons. The van der Waals surface area contributed by atoms with E-state index in [1.165, 1.54) is 6.42 Å². The average molecular weight is 313 g/mol. The van der Waals surface area contributed by atoms with Crippen molar-refractivity contribution in [1.29, 1.82) is 0 Å². The summed E-state index contributed by atoms with van der Waals surface area (Å²) in [4.78, 5) is 4.70. The SMILES string of the molecule is CC(C)CC1CSC(Nc2ccc(Br)cc2)=N1. The molecule has 17 heavy (non-hydrogen) atoms. The predicted molar refractivity (Wildman–Crippen MR) is 80.9 cm³/mol. The van der Waals surface area contributed by atoms with Crippen LogP contribution in [-0.2, 0) is 0 Å². The van der Waals surface area contributed by atoms with E-state index in [1.807, 2.05) is 23.9 Å². The maximum atomic E-state index is 4.70. The lowest BCUT2D eigenvalue weighted by atomic mass is 10.1. The molecule has 1 aromatic rings. The van der Waals surface area contributed by atoms with E-state index in [0.29, 0.717) is 6.04 Å². The maximum Gasteiger partial charge on any atom is 0.161 e. The number of nitrogens with one attached hydrogen (secondary N) is 1. The van der Waals surface area contributed by atoms with Gasteiger partial charge in [-0.15, -0.1) is 0 Å². The third-order valence-electron chi connectivity index (χ3n) is 2.55. The number of hydrogen-bond donors (Lipinski definition) is 1. The molecule has 0 saturated heterocycles. The fourth-order valence-corrected chi connectivity index (χ4v) is 3.04. The summed E-state index contributed by atoms with van der Waals surface area (Å²) in [6.07, 6.45) is 1.18. The molecule has 1 unspecified atom stereocenters. The van der Waals surface area contributed by atoms with Crippen LogP contribution in [0.4, 0.5) is 5.69 Å². The van der Waals surface area contributed by atoms with Gasteiger partial charge in [-0.25, -0.2) is 0 Å². The van der Waals surface area contributed by atoms with Crippen LogP contribution in [0.1, 0.15) is 20.3 Å². The van der Waals surface area contributed by atoms with Crippen molar-refractivity contribution < 1.29 is 0 Å². The van der Waals surface area contributed by atoms with Gasteiger partial charge in [0.2, 0.25) is 0 Å². The van der Waals surface area contributed by atoms with Crippen molar-refractivity contribution in [3.05, 3.63) is 28.7 Å². The molecule has 1 atom stereocenters. The number of benzene rings is 1. The zero-order valence-electron chi connectivity index (χ0n) is 10.1. The first kappa shape index (κ1) is 13.0. The maximum absolute atomic E-state index is 4.70. The highest BCUT2D eigenvalue weighted by Gasteiger charge is 2.19. The van der Waals surface area contributed by atoms with Crippen molar-refractivity contribution in [2.24, 2.45) is 10.9 Å². The largest absolute Gasteiger partial charge is 0.335 e. The number of anilines is 1. The topological polar surface area (TPSA) is 24.4 Å². The van der Waals surface area contributed by atoms with Gasteiger partial charge >= 0.3 is 0 Å². The first-order valence-electron chi connectivity index (χ1n) is 5.86. The Labute approximate surface area is 115 Å². The highest BCUT2D eigenvalue weighted by molar-refractivity contribution is 9.10. The molecule has 0 bridgehead atoms. The first-order chi connectivity index (χ1) is 8.13. The van der Waals surface area contributed by atoms with Crippen molar-refractivity contribution in [3.8, 4) is 0 Å². The second-order valence-corrected chi connectivity index (χ2v) is 6.58. The van der Waals surface area contributed by atoms with Gasteiger partial charge in [-0.1, -0.05) is 41.5 Å². The lowest BCUT2D eigenvalue weighted by molar-refractivity contribution is 0.529. The van der Waals surface area contributed by atoms with Crippen LogP contribution < -0.4 is 5.32 Å². The number of amidine groups is 1. The molecule has 0 aromatic heterocycles. The van der Waals surface area contributed by atoms with E-state index in [-0.39, 0.29) is 0 Å². The molecule has 0 fully saturated rings. The normalized spacial score (nSPS) is 19.5. The first-order valence-corrected chi connectivity index (χ1v) is 7.64. The molecule has 1 heterocycles. The lowest BCUT2D eigenvalue weighted by Crippen LogP contribution is -2.08. The Morgan fingerprint density at radius 2 is 2.12 bits per heavy atom. The predicted octanol–water partition coefficient (Wildman–Crippen LogP) is 4.38. The minimum Gasteiger partial charge on any atom is -0.335 e. The van der Waals surface area contributed by atoms with E-state index in [2.05, 4.69) is 47.2 Å². The van der Waals surface area contributed by atoms with Crippen molar-refractivity contribution >= 4 is 38.5 Å². The number of rotatable bonds is 3. The Morgan fingerprint density at radius 3 is 2.76 bits per heavy atom. The van der Waals surface area contributed by atoms with Crippen LogP contribution in [0.2, 0.25) is 0 Å². The van der Waals surface area contributed by atoms with E-state index < -0.39 is 0 Å². The van der Waals surface area contributed by atoms with Crippen LogP contribution in [0, 0.1) is 5.92 Å². The lowest BCUT2D eigenvalue weighted by Gasteiger charge is -2.07. The summed E-state index contributed by atoms with van der Waals surface area (Å²) in [5.41, 5.74) is 1.10. The minimum absolute atomic E-state index is 0.484. The molecule has 0 spiro atoms. The van der Waals surface area contributed by atoms with Crippen molar-refractivity contribution in [3.63, 3.8) is 0 Å². The Balaban J connectivity index is 1.94. The van der Waals surface area contributed by atoms with Crippen LogP contribution in [-0.4, -0.2) is 17.0 Å². The van der Waals surface area contributed by atoms with Gasteiger partial charge in [0.15, 0.2) is 5.17 Å². The highest BCUT2D eigenvalue weighted by Crippen LogP contribution is 2.24. The van der Waals surface area contributed by atoms with Gasteiger partial charge in [-0.05, 0) is 36.6 Å². The van der Waals surface area contributed by atoms with Crippen molar-refractivity contribution in [2.45, 2.75) is 26.3 Å². The number of hydrogen-bond acceptors (Lipinski definition) is 3. The zero-order chi connectivity index (χ0) is 12.3. The van der Waals surface area contributed by atoms with Gasteiger partial charge in [-0.3, -0.25) is 4.99 Å². The van der Waals surface area contributed by atoms with Gasteiger partial charge in [-0.2, -0.15) is 0 Å². The van der Waals surface area contributed by atoms with E-state index in [9.17, 15) is 0 Å². The Bertz CT molecular complexity index is 400. The summed E-state index contributed by atoms with van der Waals surface area (Å²) >= 11 is 5.25. The van der Waals surface area contributed by atoms with E-state index in [4.69, 9.17) is 4.99 Å². The number of thioether (sulfide) groups is 1. The van der Waals surface area contributed by atoms with Crippen LogP contribution in [0.5, 0.6) is 0 Å². The second kappa shape index (κ2) is 5.91. The molecule has 4 heteroatoms. The number of nitrogens with zero attached hydrogens (tertiary/aromatic N) is 1. The van der Waals surface area contributed by atoms with Gasteiger partial charge in [0.05, 0.1) is 6.04 Å². The van der Waals surface area contributed by atoms with Crippen LogP contribution in [0.15, 0.2) is 33.7 Å². The average Bonchev–Trinajstić information content (AvgIpc) is 2.68. The molecule has 0 saturated carbocycles. The van der Waals surface area contributed by atoms with E-state index in [1.54, 1.807) is 0 Å².